The molecule has 1 atom stereocenters. The third-order valence-corrected chi connectivity index (χ3v) is 4.06. The third kappa shape index (κ3) is 4.20. The van der Waals surface area contributed by atoms with Crippen LogP contribution in [0.1, 0.15) is 58.9 Å². The second-order valence-electron chi connectivity index (χ2n) is 7.00. The van der Waals surface area contributed by atoms with Crippen LogP contribution >= 0.6 is 0 Å². The average Bonchev–Trinajstić information content (AvgIpc) is 2.61. The van der Waals surface area contributed by atoms with E-state index in [-0.39, 0.29) is 5.54 Å². The molecular weight excluding hydrogens is 246 g/mol. The minimum atomic E-state index is 0.144. The van der Waals surface area contributed by atoms with E-state index >= 15 is 0 Å². The minimum absolute atomic E-state index is 0.144. The molecule has 0 aliphatic carbocycles. The highest BCUT2D eigenvalue weighted by Gasteiger charge is 2.20. The zero-order chi connectivity index (χ0) is 14.6. The Morgan fingerprint density at radius 2 is 2.10 bits per heavy atom. The van der Waals surface area contributed by atoms with Crippen LogP contribution in [0.25, 0.3) is 0 Å². The van der Waals surface area contributed by atoms with Gasteiger partial charge in [-0.25, -0.2) is 0 Å². The van der Waals surface area contributed by atoms with Gasteiger partial charge in [0.15, 0.2) is 0 Å². The Kier molecular flexibility index (Phi) is 5.03. The largest absolute Gasteiger partial charge is 0.367 e. The Bertz CT molecular complexity index is 422. The van der Waals surface area contributed by atoms with Gasteiger partial charge >= 0.3 is 0 Å². The summed E-state index contributed by atoms with van der Waals surface area (Å²) in [6.45, 7) is 11.0. The summed E-state index contributed by atoms with van der Waals surface area (Å²) in [7, 11) is 0. The first-order chi connectivity index (χ1) is 9.47. The molecule has 0 amide bonds. The standard InChI is InChI=1S/C17H29N3/c1-14-8-6-5-7-11-20(14)16-13-18-10-9-15(16)12-19-17(2,3)4/h9-10,13-14,19H,5-8,11-12H2,1-4H3. The predicted molar refractivity (Wildman–Crippen MR) is 86.1 cm³/mol. The van der Waals surface area contributed by atoms with Gasteiger partial charge in [0.1, 0.15) is 0 Å². The molecule has 0 spiro atoms. The molecule has 0 saturated carbocycles. The van der Waals surface area contributed by atoms with Gasteiger partial charge in [-0.15, -0.1) is 0 Å². The van der Waals surface area contributed by atoms with Crippen LogP contribution in [0.15, 0.2) is 18.5 Å². The van der Waals surface area contributed by atoms with Crippen molar-refractivity contribution < 1.29 is 0 Å². The van der Waals surface area contributed by atoms with Crippen molar-refractivity contribution >= 4 is 5.69 Å². The van der Waals surface area contributed by atoms with Crippen LogP contribution in [0.2, 0.25) is 0 Å². The van der Waals surface area contributed by atoms with E-state index in [1.807, 2.05) is 12.4 Å². The molecule has 0 bridgehead atoms. The molecule has 1 aromatic heterocycles. The van der Waals surface area contributed by atoms with Crippen LogP contribution in [-0.4, -0.2) is 23.1 Å². The molecule has 0 radical (unpaired) electrons. The average molecular weight is 275 g/mol. The van der Waals surface area contributed by atoms with E-state index in [1.54, 1.807) is 0 Å². The molecule has 112 valence electrons. The molecule has 3 nitrogen and oxygen atoms in total. The van der Waals surface area contributed by atoms with Gasteiger partial charge in [0.2, 0.25) is 0 Å². The molecule has 1 aromatic rings. The fourth-order valence-electron chi connectivity index (χ4n) is 2.82. The Morgan fingerprint density at radius 3 is 2.85 bits per heavy atom. The number of pyridine rings is 1. The smallest absolute Gasteiger partial charge is 0.0600 e. The molecule has 2 heterocycles. The van der Waals surface area contributed by atoms with Crippen LogP contribution in [0, 0.1) is 0 Å². The second-order valence-corrected chi connectivity index (χ2v) is 7.00. The summed E-state index contributed by atoms with van der Waals surface area (Å²) >= 11 is 0. The molecule has 1 aliphatic rings. The number of hydrogen-bond acceptors (Lipinski definition) is 3. The Hall–Kier alpha value is -1.09. The van der Waals surface area contributed by atoms with Crippen molar-refractivity contribution in [2.45, 2.75) is 71.5 Å². The Balaban J connectivity index is 2.17. The lowest BCUT2D eigenvalue weighted by Gasteiger charge is -2.31. The van der Waals surface area contributed by atoms with Crippen LogP contribution in [0.5, 0.6) is 0 Å². The minimum Gasteiger partial charge on any atom is -0.367 e. The first kappa shape index (κ1) is 15.3. The second kappa shape index (κ2) is 6.57. The van der Waals surface area contributed by atoms with Crippen molar-refractivity contribution in [3.8, 4) is 0 Å². The van der Waals surface area contributed by atoms with Gasteiger partial charge < -0.3 is 10.2 Å². The third-order valence-electron chi connectivity index (χ3n) is 4.06. The van der Waals surface area contributed by atoms with E-state index < -0.39 is 0 Å². The maximum atomic E-state index is 4.36. The van der Waals surface area contributed by atoms with E-state index in [0.29, 0.717) is 6.04 Å². The zero-order valence-corrected chi connectivity index (χ0v) is 13.4. The molecular formula is C17H29N3. The summed E-state index contributed by atoms with van der Waals surface area (Å²) in [5, 5.41) is 3.59. The summed E-state index contributed by atoms with van der Waals surface area (Å²) in [6.07, 6.45) is 9.25. The maximum Gasteiger partial charge on any atom is 0.0600 e. The van der Waals surface area contributed by atoms with Gasteiger partial charge in [-0.2, -0.15) is 0 Å². The fourth-order valence-corrected chi connectivity index (χ4v) is 2.82. The van der Waals surface area contributed by atoms with Gasteiger partial charge in [0.05, 0.1) is 11.9 Å². The van der Waals surface area contributed by atoms with Crippen LogP contribution in [0.3, 0.4) is 0 Å². The van der Waals surface area contributed by atoms with Crippen molar-refractivity contribution in [2.24, 2.45) is 0 Å². The van der Waals surface area contributed by atoms with Gasteiger partial charge in [-0.3, -0.25) is 4.98 Å². The van der Waals surface area contributed by atoms with Gasteiger partial charge in [-0.1, -0.05) is 12.8 Å². The Labute approximate surface area is 123 Å². The van der Waals surface area contributed by atoms with E-state index in [2.05, 4.69) is 49.0 Å². The fraction of sp³-hybridized carbons (Fsp3) is 0.706. The van der Waals surface area contributed by atoms with Crippen molar-refractivity contribution in [1.29, 1.82) is 0 Å². The van der Waals surface area contributed by atoms with Crippen LogP contribution in [0.4, 0.5) is 5.69 Å². The maximum absolute atomic E-state index is 4.36. The molecule has 1 fully saturated rings. The normalized spacial score (nSPS) is 20.8. The lowest BCUT2D eigenvalue weighted by molar-refractivity contribution is 0.424. The van der Waals surface area contributed by atoms with Gasteiger partial charge in [0, 0.05) is 30.9 Å². The van der Waals surface area contributed by atoms with Gasteiger partial charge in [-0.05, 0) is 52.2 Å². The molecule has 3 heteroatoms. The molecule has 1 saturated heterocycles. The molecule has 20 heavy (non-hydrogen) atoms. The van der Waals surface area contributed by atoms with Crippen molar-refractivity contribution in [3.05, 3.63) is 24.0 Å². The highest BCUT2D eigenvalue weighted by Crippen LogP contribution is 2.26. The first-order valence-electron chi connectivity index (χ1n) is 7.92. The first-order valence-corrected chi connectivity index (χ1v) is 7.92. The molecule has 1 aliphatic heterocycles. The van der Waals surface area contributed by atoms with E-state index in [4.69, 9.17) is 0 Å². The summed E-state index contributed by atoms with van der Waals surface area (Å²) in [5.41, 5.74) is 2.83. The predicted octanol–water partition coefficient (Wildman–Crippen LogP) is 3.74. The summed E-state index contributed by atoms with van der Waals surface area (Å²) < 4.78 is 0. The lowest BCUT2D eigenvalue weighted by Crippen LogP contribution is -2.37. The van der Waals surface area contributed by atoms with Gasteiger partial charge in [0.25, 0.3) is 0 Å². The quantitative estimate of drug-likeness (QED) is 0.911. The summed E-state index contributed by atoms with van der Waals surface area (Å²) in [4.78, 5) is 6.92. The van der Waals surface area contributed by atoms with Crippen molar-refractivity contribution in [2.75, 3.05) is 11.4 Å². The Morgan fingerprint density at radius 1 is 1.30 bits per heavy atom. The molecule has 0 aromatic carbocycles. The number of nitrogens with one attached hydrogen (secondary N) is 1. The van der Waals surface area contributed by atoms with Crippen molar-refractivity contribution in [3.63, 3.8) is 0 Å². The number of aromatic nitrogens is 1. The molecule has 1 unspecified atom stereocenters. The van der Waals surface area contributed by atoms with E-state index in [0.717, 1.165) is 13.1 Å². The number of hydrogen-bond donors (Lipinski definition) is 1. The highest BCUT2D eigenvalue weighted by molar-refractivity contribution is 5.52. The van der Waals surface area contributed by atoms with E-state index in [9.17, 15) is 0 Å². The summed E-state index contributed by atoms with van der Waals surface area (Å²) in [5.74, 6) is 0. The monoisotopic (exact) mass is 275 g/mol. The van der Waals surface area contributed by atoms with Crippen LogP contribution < -0.4 is 10.2 Å². The number of rotatable bonds is 3. The van der Waals surface area contributed by atoms with E-state index in [1.165, 1.54) is 36.9 Å². The number of nitrogens with zero attached hydrogens (tertiary/aromatic N) is 2. The molecule has 2 rings (SSSR count). The summed E-state index contributed by atoms with van der Waals surface area (Å²) in [6, 6.07) is 2.78. The lowest BCUT2D eigenvalue weighted by atomic mass is 10.1. The molecule has 1 N–H and O–H groups in total. The number of anilines is 1. The highest BCUT2D eigenvalue weighted by atomic mass is 15.2. The topological polar surface area (TPSA) is 28.2 Å². The van der Waals surface area contributed by atoms with Crippen LogP contribution in [-0.2, 0) is 6.54 Å². The zero-order valence-electron chi connectivity index (χ0n) is 13.4. The SMILES string of the molecule is CC1CCCCCN1c1cnccc1CNC(C)(C)C. The van der Waals surface area contributed by atoms with Crippen molar-refractivity contribution in [1.82, 2.24) is 10.3 Å².